The summed E-state index contributed by atoms with van der Waals surface area (Å²) in [6.07, 6.45) is 0. The summed E-state index contributed by atoms with van der Waals surface area (Å²) in [5.74, 6) is 0.594. The van der Waals surface area contributed by atoms with Gasteiger partial charge in [0.15, 0.2) is 5.65 Å². The number of rotatable bonds is 1. The van der Waals surface area contributed by atoms with Crippen LogP contribution < -0.4 is 15.6 Å². The highest BCUT2D eigenvalue weighted by Crippen LogP contribution is 2.31. The third-order valence-corrected chi connectivity index (χ3v) is 5.89. The highest BCUT2D eigenvalue weighted by molar-refractivity contribution is 7.24. The predicted octanol–water partition coefficient (Wildman–Crippen LogP) is 1.87. The number of nitrogens with one attached hydrogen (secondary N) is 1. The summed E-state index contributed by atoms with van der Waals surface area (Å²) in [5.41, 5.74) is 1.24. The lowest BCUT2D eigenvalue weighted by molar-refractivity contribution is -0.120. The second-order valence-corrected chi connectivity index (χ2v) is 7.37. The number of hydrogen-bond donors (Lipinski definition) is 1. The van der Waals surface area contributed by atoms with Gasteiger partial charge in [0.1, 0.15) is 22.3 Å². The van der Waals surface area contributed by atoms with Crippen LogP contribution in [0.5, 0.6) is 0 Å². The first kappa shape index (κ1) is 15.8. The van der Waals surface area contributed by atoms with Gasteiger partial charge in [-0.25, -0.2) is 4.98 Å². The standard InChI is InChI=1S/C19H13N5O2S/c20-9-12-17(26)11-5-6-15(23-8-7-21-16(25)10-23)22-18(11)24-13-3-1-2-4-14(13)27-19(12)24/h1-6H,7-8,10H2,(H,21,25). The van der Waals surface area contributed by atoms with Gasteiger partial charge >= 0.3 is 0 Å². The van der Waals surface area contributed by atoms with Crippen LogP contribution in [0.25, 0.3) is 26.1 Å². The average Bonchev–Trinajstić information content (AvgIpc) is 3.07. The second-order valence-electron chi connectivity index (χ2n) is 6.34. The number of nitrogens with zero attached hydrogens (tertiary/aromatic N) is 4. The molecule has 1 saturated heterocycles. The van der Waals surface area contributed by atoms with Gasteiger partial charge in [0.25, 0.3) is 0 Å². The van der Waals surface area contributed by atoms with Gasteiger partial charge in [0, 0.05) is 13.1 Å². The SMILES string of the molecule is N#Cc1c(=O)c2ccc(N3CCNC(=O)C3)nc2n2c1sc1ccccc12. The van der Waals surface area contributed by atoms with Gasteiger partial charge in [0.2, 0.25) is 11.3 Å². The van der Waals surface area contributed by atoms with E-state index in [1.165, 1.54) is 11.3 Å². The van der Waals surface area contributed by atoms with Crippen LogP contribution >= 0.6 is 11.3 Å². The van der Waals surface area contributed by atoms with Gasteiger partial charge < -0.3 is 10.2 Å². The summed E-state index contributed by atoms with van der Waals surface area (Å²) in [5, 5.41) is 12.8. The van der Waals surface area contributed by atoms with Gasteiger partial charge in [0.05, 0.1) is 22.1 Å². The molecule has 5 rings (SSSR count). The van der Waals surface area contributed by atoms with Crippen molar-refractivity contribution in [3.63, 3.8) is 0 Å². The molecule has 132 valence electrons. The molecule has 1 N–H and O–H groups in total. The summed E-state index contributed by atoms with van der Waals surface area (Å²) in [6.45, 7) is 1.45. The molecule has 1 aliphatic heterocycles. The smallest absolute Gasteiger partial charge is 0.239 e. The zero-order chi connectivity index (χ0) is 18.5. The number of nitriles is 1. The van der Waals surface area contributed by atoms with E-state index in [9.17, 15) is 14.9 Å². The predicted molar refractivity (Wildman–Crippen MR) is 104 cm³/mol. The molecular weight excluding hydrogens is 362 g/mol. The highest BCUT2D eigenvalue weighted by atomic mass is 32.1. The molecular formula is C19H13N5O2S. The molecule has 3 aromatic heterocycles. The van der Waals surface area contributed by atoms with Crippen LogP contribution in [0.4, 0.5) is 5.82 Å². The molecule has 8 heteroatoms. The number of fused-ring (bicyclic) bond motifs is 5. The molecule has 0 atom stereocenters. The molecule has 0 bridgehead atoms. The first-order valence-electron chi connectivity index (χ1n) is 8.46. The average molecular weight is 375 g/mol. The number of hydrogen-bond acceptors (Lipinski definition) is 6. The van der Waals surface area contributed by atoms with Gasteiger partial charge in [-0.2, -0.15) is 5.26 Å². The Labute approximate surface area is 157 Å². The van der Waals surface area contributed by atoms with Crippen molar-refractivity contribution in [3.8, 4) is 6.07 Å². The summed E-state index contributed by atoms with van der Waals surface area (Å²) < 4.78 is 2.86. The molecule has 0 aliphatic carbocycles. The van der Waals surface area contributed by atoms with Crippen LogP contribution in [0.2, 0.25) is 0 Å². The molecule has 0 radical (unpaired) electrons. The number of anilines is 1. The van der Waals surface area contributed by atoms with E-state index in [0.29, 0.717) is 34.8 Å². The lowest BCUT2D eigenvalue weighted by atomic mass is 10.2. The number of carbonyl (C=O) groups is 1. The van der Waals surface area contributed by atoms with E-state index in [1.807, 2.05) is 33.6 Å². The third-order valence-electron chi connectivity index (χ3n) is 4.75. The van der Waals surface area contributed by atoms with E-state index in [1.54, 1.807) is 12.1 Å². The van der Waals surface area contributed by atoms with Crippen LogP contribution in [0.1, 0.15) is 5.56 Å². The van der Waals surface area contributed by atoms with Crippen LogP contribution in [0, 0.1) is 11.3 Å². The minimum Gasteiger partial charge on any atom is -0.353 e. The summed E-state index contributed by atoms with van der Waals surface area (Å²) in [7, 11) is 0. The molecule has 0 spiro atoms. The Kier molecular flexibility index (Phi) is 3.39. The van der Waals surface area contributed by atoms with Crippen LogP contribution in [0.3, 0.4) is 0 Å². The van der Waals surface area contributed by atoms with Crippen molar-refractivity contribution in [1.82, 2.24) is 14.7 Å². The minimum absolute atomic E-state index is 0.0497. The molecule has 7 nitrogen and oxygen atoms in total. The Hall–Kier alpha value is -3.44. The first-order chi connectivity index (χ1) is 13.2. The highest BCUT2D eigenvalue weighted by Gasteiger charge is 2.21. The van der Waals surface area contributed by atoms with Gasteiger partial charge in [-0.3, -0.25) is 14.0 Å². The summed E-state index contributed by atoms with van der Waals surface area (Å²) >= 11 is 1.41. The maximum atomic E-state index is 12.8. The molecule has 1 aliphatic rings. The van der Waals surface area contributed by atoms with Crippen molar-refractivity contribution >= 4 is 49.1 Å². The lowest BCUT2D eigenvalue weighted by Gasteiger charge is -2.27. The largest absolute Gasteiger partial charge is 0.353 e. The molecule has 1 aromatic carbocycles. The number of aromatic nitrogens is 2. The Bertz CT molecular complexity index is 1350. The second kappa shape index (κ2) is 5.79. The van der Waals surface area contributed by atoms with Crippen molar-refractivity contribution in [2.75, 3.05) is 24.5 Å². The van der Waals surface area contributed by atoms with Crippen molar-refractivity contribution in [2.45, 2.75) is 0 Å². The number of piperazine rings is 1. The fraction of sp³-hybridized carbons (Fsp3) is 0.158. The monoisotopic (exact) mass is 375 g/mol. The zero-order valence-corrected chi connectivity index (χ0v) is 14.9. The van der Waals surface area contributed by atoms with Crippen LogP contribution in [-0.4, -0.2) is 34.9 Å². The fourth-order valence-corrected chi connectivity index (χ4v) is 4.62. The molecule has 0 saturated carbocycles. The van der Waals surface area contributed by atoms with Crippen molar-refractivity contribution in [1.29, 1.82) is 5.26 Å². The van der Waals surface area contributed by atoms with E-state index in [-0.39, 0.29) is 23.4 Å². The number of thiazole rings is 1. The summed E-state index contributed by atoms with van der Waals surface area (Å²) in [6, 6.07) is 13.3. The first-order valence-corrected chi connectivity index (χ1v) is 9.28. The normalized spacial score (nSPS) is 14.6. The number of pyridine rings is 2. The molecule has 1 amide bonds. The molecule has 1 fully saturated rings. The van der Waals surface area contributed by atoms with Crippen LogP contribution in [-0.2, 0) is 4.79 Å². The number of para-hydroxylation sites is 1. The molecule has 4 aromatic rings. The maximum Gasteiger partial charge on any atom is 0.239 e. The van der Waals surface area contributed by atoms with Gasteiger partial charge in [-0.15, -0.1) is 11.3 Å². The number of carbonyl (C=O) groups excluding carboxylic acids is 1. The number of benzene rings is 1. The number of amides is 1. The Morgan fingerprint density at radius 3 is 2.85 bits per heavy atom. The van der Waals surface area contributed by atoms with Gasteiger partial charge in [-0.05, 0) is 24.3 Å². The third kappa shape index (κ3) is 2.29. The lowest BCUT2D eigenvalue weighted by Crippen LogP contribution is -2.48. The van der Waals surface area contributed by atoms with E-state index in [4.69, 9.17) is 4.98 Å². The maximum absolute atomic E-state index is 12.8. The minimum atomic E-state index is -0.311. The van der Waals surface area contributed by atoms with E-state index in [0.717, 1.165) is 10.2 Å². The van der Waals surface area contributed by atoms with Crippen molar-refractivity contribution in [3.05, 3.63) is 52.2 Å². The quantitative estimate of drug-likeness (QED) is 0.548. The fourth-order valence-electron chi connectivity index (χ4n) is 3.49. The van der Waals surface area contributed by atoms with Crippen molar-refractivity contribution < 1.29 is 4.79 Å². The molecule has 27 heavy (non-hydrogen) atoms. The summed E-state index contributed by atoms with van der Waals surface area (Å²) in [4.78, 5) is 31.8. The Morgan fingerprint density at radius 2 is 2.04 bits per heavy atom. The van der Waals surface area contributed by atoms with Gasteiger partial charge in [-0.1, -0.05) is 12.1 Å². The van der Waals surface area contributed by atoms with E-state index >= 15 is 0 Å². The Balaban J connectivity index is 1.88. The van der Waals surface area contributed by atoms with E-state index < -0.39 is 0 Å². The van der Waals surface area contributed by atoms with Crippen LogP contribution in [0.15, 0.2) is 41.2 Å². The van der Waals surface area contributed by atoms with E-state index in [2.05, 4.69) is 11.4 Å². The Morgan fingerprint density at radius 1 is 1.19 bits per heavy atom. The topological polar surface area (TPSA) is 90.5 Å². The van der Waals surface area contributed by atoms with Crippen molar-refractivity contribution in [2.24, 2.45) is 0 Å². The molecule has 0 unspecified atom stereocenters. The molecule has 4 heterocycles. The zero-order valence-electron chi connectivity index (χ0n) is 14.1.